The van der Waals surface area contributed by atoms with Gasteiger partial charge >= 0.3 is 0 Å². The van der Waals surface area contributed by atoms with Gasteiger partial charge in [0.25, 0.3) is 5.91 Å². The molecule has 0 spiro atoms. The summed E-state index contributed by atoms with van der Waals surface area (Å²) in [5.74, 6) is -0.186. The summed E-state index contributed by atoms with van der Waals surface area (Å²) >= 11 is 0. The highest BCUT2D eigenvalue weighted by molar-refractivity contribution is 7.89. The molecule has 1 heterocycles. The summed E-state index contributed by atoms with van der Waals surface area (Å²) in [6.07, 6.45) is 0. The molecule has 1 aromatic heterocycles. The highest BCUT2D eigenvalue weighted by Gasteiger charge is 2.18. The van der Waals surface area contributed by atoms with E-state index < -0.39 is 16.1 Å². The van der Waals surface area contributed by atoms with Crippen LogP contribution >= 0.6 is 0 Å². The van der Waals surface area contributed by atoms with Crippen molar-refractivity contribution < 1.29 is 17.6 Å². The molecule has 0 saturated carbocycles. The fourth-order valence-electron chi connectivity index (χ4n) is 3.22. The molecule has 0 aliphatic rings. The zero-order valence-electron chi connectivity index (χ0n) is 15.0. The van der Waals surface area contributed by atoms with Crippen LogP contribution in [0.2, 0.25) is 0 Å². The zero-order valence-corrected chi connectivity index (χ0v) is 15.9. The van der Waals surface area contributed by atoms with Gasteiger partial charge < -0.3 is 9.73 Å². The maximum atomic E-state index is 12.7. The number of carbonyl (C=O) groups excluding carboxylic acids is 1. The van der Waals surface area contributed by atoms with Crippen LogP contribution in [0, 0.1) is 0 Å². The first-order chi connectivity index (χ1) is 13.3. The first kappa shape index (κ1) is 18.2. The first-order valence-electron chi connectivity index (χ1n) is 8.68. The quantitative estimate of drug-likeness (QED) is 0.550. The van der Waals surface area contributed by atoms with E-state index in [0.717, 1.165) is 16.2 Å². The van der Waals surface area contributed by atoms with E-state index >= 15 is 0 Å². The van der Waals surface area contributed by atoms with Crippen LogP contribution in [0.5, 0.6) is 0 Å². The number of furan rings is 1. The Kier molecular flexibility index (Phi) is 4.41. The Labute approximate surface area is 162 Å². The largest absolute Gasteiger partial charge is 0.451 e. The average molecular weight is 394 g/mol. The van der Waals surface area contributed by atoms with E-state index in [1.807, 2.05) is 36.4 Å². The van der Waals surface area contributed by atoms with Crippen molar-refractivity contribution >= 4 is 37.7 Å². The molecule has 3 N–H and O–H groups in total. The molecule has 6 nitrogen and oxygen atoms in total. The predicted octanol–water partition coefficient (Wildman–Crippen LogP) is 3.72. The van der Waals surface area contributed by atoms with E-state index in [0.29, 0.717) is 11.1 Å². The fourth-order valence-corrected chi connectivity index (χ4v) is 3.78. The van der Waals surface area contributed by atoms with Crippen LogP contribution in [0.4, 0.5) is 0 Å². The summed E-state index contributed by atoms with van der Waals surface area (Å²) in [5.41, 5.74) is 1.26. The van der Waals surface area contributed by atoms with E-state index in [4.69, 9.17) is 9.56 Å². The van der Waals surface area contributed by atoms with Gasteiger partial charge in [0.15, 0.2) is 5.76 Å². The molecule has 28 heavy (non-hydrogen) atoms. The highest BCUT2D eigenvalue weighted by Crippen LogP contribution is 2.28. The van der Waals surface area contributed by atoms with Gasteiger partial charge in [-0.1, -0.05) is 42.5 Å². The number of primary sulfonamides is 1. The first-order valence-corrected chi connectivity index (χ1v) is 10.2. The molecule has 4 rings (SSSR count). The number of fused-ring (bicyclic) bond motifs is 3. The van der Waals surface area contributed by atoms with E-state index in [9.17, 15) is 13.2 Å². The van der Waals surface area contributed by atoms with Crippen molar-refractivity contribution in [1.29, 1.82) is 0 Å². The molecular weight excluding hydrogens is 376 g/mol. The fraction of sp³-hybridized carbons (Fsp3) is 0.0952. The SMILES string of the molecule is CC(NC(=O)c1cc2c(ccc3ccccc32)o1)c1cccc(S(N)(=O)=O)c1. The maximum absolute atomic E-state index is 12.7. The smallest absolute Gasteiger partial charge is 0.287 e. The molecule has 1 unspecified atom stereocenters. The molecule has 0 radical (unpaired) electrons. The summed E-state index contributed by atoms with van der Waals surface area (Å²) in [6.45, 7) is 1.76. The average Bonchev–Trinajstić information content (AvgIpc) is 3.12. The Balaban J connectivity index is 1.62. The van der Waals surface area contributed by atoms with Gasteiger partial charge in [0, 0.05) is 5.39 Å². The van der Waals surface area contributed by atoms with Crippen LogP contribution in [0.1, 0.15) is 29.1 Å². The summed E-state index contributed by atoms with van der Waals surface area (Å²) in [7, 11) is -3.81. The number of carbonyl (C=O) groups is 1. The number of sulfonamides is 1. The van der Waals surface area contributed by atoms with Gasteiger partial charge in [0.1, 0.15) is 5.58 Å². The third kappa shape index (κ3) is 3.37. The van der Waals surface area contributed by atoms with Gasteiger partial charge in [-0.3, -0.25) is 4.79 Å². The van der Waals surface area contributed by atoms with Crippen molar-refractivity contribution in [2.75, 3.05) is 0 Å². The van der Waals surface area contributed by atoms with Gasteiger partial charge in [-0.2, -0.15) is 0 Å². The van der Waals surface area contributed by atoms with Crippen molar-refractivity contribution in [3.05, 3.63) is 78.1 Å². The molecule has 4 aromatic rings. The minimum Gasteiger partial charge on any atom is -0.451 e. The van der Waals surface area contributed by atoms with Crippen LogP contribution in [0.3, 0.4) is 0 Å². The third-order valence-corrected chi connectivity index (χ3v) is 5.60. The lowest BCUT2D eigenvalue weighted by molar-refractivity contribution is 0.0914. The molecule has 0 aliphatic carbocycles. The Morgan fingerprint density at radius 1 is 1.00 bits per heavy atom. The number of nitrogens with one attached hydrogen (secondary N) is 1. The summed E-state index contributed by atoms with van der Waals surface area (Å²) in [6, 6.07) is 19.1. The lowest BCUT2D eigenvalue weighted by Crippen LogP contribution is -2.26. The second-order valence-corrected chi connectivity index (χ2v) is 8.18. The number of hydrogen-bond donors (Lipinski definition) is 2. The molecule has 7 heteroatoms. The number of hydrogen-bond acceptors (Lipinski definition) is 4. The zero-order chi connectivity index (χ0) is 19.9. The number of rotatable bonds is 4. The van der Waals surface area contributed by atoms with E-state index in [1.165, 1.54) is 12.1 Å². The summed E-state index contributed by atoms with van der Waals surface area (Å²) in [4.78, 5) is 12.7. The Bertz CT molecular complexity index is 1310. The van der Waals surface area contributed by atoms with Crippen molar-refractivity contribution in [2.45, 2.75) is 17.9 Å². The van der Waals surface area contributed by atoms with E-state index in [2.05, 4.69) is 5.32 Å². The molecule has 0 fully saturated rings. The molecule has 0 bridgehead atoms. The van der Waals surface area contributed by atoms with Crippen molar-refractivity contribution in [3.63, 3.8) is 0 Å². The molecule has 3 aromatic carbocycles. The minimum absolute atomic E-state index is 0.00121. The second-order valence-electron chi connectivity index (χ2n) is 6.62. The number of nitrogens with two attached hydrogens (primary N) is 1. The summed E-state index contributed by atoms with van der Waals surface area (Å²) in [5, 5.41) is 11.0. The van der Waals surface area contributed by atoms with Crippen LogP contribution in [-0.2, 0) is 10.0 Å². The Morgan fingerprint density at radius 2 is 1.79 bits per heavy atom. The highest BCUT2D eigenvalue weighted by atomic mass is 32.2. The molecular formula is C21H18N2O4S. The Hall–Kier alpha value is -3.16. The third-order valence-electron chi connectivity index (χ3n) is 4.68. The van der Waals surface area contributed by atoms with Gasteiger partial charge in [-0.25, -0.2) is 13.6 Å². The van der Waals surface area contributed by atoms with E-state index in [1.54, 1.807) is 25.1 Å². The lowest BCUT2D eigenvalue weighted by Gasteiger charge is -2.14. The van der Waals surface area contributed by atoms with Gasteiger partial charge in [0.2, 0.25) is 10.0 Å². The topological polar surface area (TPSA) is 102 Å². The van der Waals surface area contributed by atoms with Crippen LogP contribution in [-0.4, -0.2) is 14.3 Å². The Morgan fingerprint density at radius 3 is 2.57 bits per heavy atom. The second kappa shape index (κ2) is 6.78. The molecule has 1 amide bonds. The maximum Gasteiger partial charge on any atom is 0.287 e. The van der Waals surface area contributed by atoms with E-state index in [-0.39, 0.29) is 16.6 Å². The predicted molar refractivity (Wildman–Crippen MR) is 107 cm³/mol. The van der Waals surface area contributed by atoms with Crippen LogP contribution in [0.15, 0.2) is 76.0 Å². The molecule has 142 valence electrons. The lowest BCUT2D eigenvalue weighted by atomic mass is 10.1. The summed E-state index contributed by atoms with van der Waals surface area (Å²) < 4.78 is 28.8. The standard InChI is InChI=1S/C21H18N2O4S/c1-13(15-6-4-7-16(11-15)28(22,25)26)23-21(24)20-12-18-17-8-3-2-5-14(17)9-10-19(18)27-20/h2-13H,1H3,(H,23,24)(H2,22,25,26). The normalized spacial score (nSPS) is 12.9. The number of benzene rings is 3. The molecule has 0 aliphatic heterocycles. The van der Waals surface area contributed by atoms with Gasteiger partial charge in [0.05, 0.1) is 10.9 Å². The molecule has 1 atom stereocenters. The van der Waals surface area contributed by atoms with Crippen molar-refractivity contribution in [3.8, 4) is 0 Å². The monoisotopic (exact) mass is 394 g/mol. The van der Waals surface area contributed by atoms with Crippen LogP contribution in [0.25, 0.3) is 21.7 Å². The minimum atomic E-state index is -3.81. The van der Waals surface area contributed by atoms with Gasteiger partial charge in [-0.15, -0.1) is 0 Å². The van der Waals surface area contributed by atoms with Crippen LogP contribution < -0.4 is 10.5 Å². The van der Waals surface area contributed by atoms with Gasteiger partial charge in [-0.05, 0) is 47.5 Å². The van der Waals surface area contributed by atoms with Crippen molar-refractivity contribution in [1.82, 2.24) is 5.32 Å². The molecule has 0 saturated heterocycles. The number of amides is 1. The van der Waals surface area contributed by atoms with Crippen molar-refractivity contribution in [2.24, 2.45) is 5.14 Å².